The van der Waals surface area contributed by atoms with Crippen LogP contribution in [0.25, 0.3) is 0 Å². The molecule has 1 unspecified atom stereocenters. The van der Waals surface area contributed by atoms with E-state index in [1.54, 1.807) is 11.3 Å². The average Bonchev–Trinajstić information content (AvgIpc) is 2.82. The SMILES string of the molecule is CNC(Cc1ccsc1)CC1CCOCC1. The van der Waals surface area contributed by atoms with E-state index in [4.69, 9.17) is 4.74 Å². The molecule has 1 aliphatic heterocycles. The zero-order valence-electron chi connectivity index (χ0n) is 9.95. The second-order valence-corrected chi connectivity index (χ2v) is 5.39. The van der Waals surface area contributed by atoms with Gasteiger partial charge in [0, 0.05) is 19.3 Å². The number of hydrogen-bond acceptors (Lipinski definition) is 3. The first-order chi connectivity index (χ1) is 7.88. The lowest BCUT2D eigenvalue weighted by Gasteiger charge is -2.26. The van der Waals surface area contributed by atoms with Gasteiger partial charge in [-0.25, -0.2) is 0 Å². The van der Waals surface area contributed by atoms with Crippen LogP contribution >= 0.6 is 11.3 Å². The maximum Gasteiger partial charge on any atom is 0.0468 e. The van der Waals surface area contributed by atoms with Crippen LogP contribution in [0.5, 0.6) is 0 Å². The molecule has 2 nitrogen and oxygen atoms in total. The highest BCUT2D eigenvalue weighted by atomic mass is 32.1. The van der Waals surface area contributed by atoms with E-state index < -0.39 is 0 Å². The summed E-state index contributed by atoms with van der Waals surface area (Å²) < 4.78 is 5.40. The smallest absolute Gasteiger partial charge is 0.0468 e. The third-order valence-electron chi connectivity index (χ3n) is 3.43. The molecule has 1 atom stereocenters. The Hall–Kier alpha value is -0.380. The zero-order valence-corrected chi connectivity index (χ0v) is 10.8. The first-order valence-electron chi connectivity index (χ1n) is 6.14. The van der Waals surface area contributed by atoms with Crippen molar-refractivity contribution in [3.05, 3.63) is 22.4 Å². The Kier molecular flexibility index (Phi) is 4.82. The Bertz CT molecular complexity index is 280. The topological polar surface area (TPSA) is 21.3 Å². The standard InChI is InChI=1S/C13H21NOS/c1-14-13(9-12-4-7-16-10-12)8-11-2-5-15-6-3-11/h4,7,10-11,13-14H,2-3,5-6,8-9H2,1H3. The Balaban J connectivity index is 1.80. The molecule has 90 valence electrons. The lowest BCUT2D eigenvalue weighted by Crippen LogP contribution is -2.31. The summed E-state index contributed by atoms with van der Waals surface area (Å²) in [5.41, 5.74) is 1.47. The van der Waals surface area contributed by atoms with Crippen LogP contribution in [0.3, 0.4) is 0 Å². The number of rotatable bonds is 5. The highest BCUT2D eigenvalue weighted by Crippen LogP contribution is 2.22. The number of ether oxygens (including phenoxy) is 1. The molecule has 0 bridgehead atoms. The molecule has 0 amide bonds. The van der Waals surface area contributed by atoms with E-state index in [1.165, 1.54) is 24.8 Å². The fourth-order valence-electron chi connectivity index (χ4n) is 2.38. The fourth-order valence-corrected chi connectivity index (χ4v) is 3.06. The van der Waals surface area contributed by atoms with Gasteiger partial charge >= 0.3 is 0 Å². The second-order valence-electron chi connectivity index (χ2n) is 4.61. The van der Waals surface area contributed by atoms with Crippen molar-refractivity contribution in [1.29, 1.82) is 0 Å². The Morgan fingerprint density at radius 2 is 2.31 bits per heavy atom. The zero-order chi connectivity index (χ0) is 11.2. The normalized spacial score (nSPS) is 19.8. The van der Waals surface area contributed by atoms with Crippen molar-refractivity contribution in [1.82, 2.24) is 5.32 Å². The van der Waals surface area contributed by atoms with Crippen LogP contribution in [-0.2, 0) is 11.2 Å². The number of nitrogens with one attached hydrogen (secondary N) is 1. The van der Waals surface area contributed by atoms with E-state index in [-0.39, 0.29) is 0 Å². The van der Waals surface area contributed by atoms with E-state index in [1.807, 2.05) is 0 Å². The number of likely N-dealkylation sites (N-methyl/N-ethyl adjacent to an activating group) is 1. The minimum Gasteiger partial charge on any atom is -0.381 e. The molecule has 1 aromatic heterocycles. The monoisotopic (exact) mass is 239 g/mol. The number of hydrogen-bond donors (Lipinski definition) is 1. The van der Waals surface area contributed by atoms with Gasteiger partial charge in [0.1, 0.15) is 0 Å². The minimum absolute atomic E-state index is 0.623. The molecule has 2 rings (SSSR count). The van der Waals surface area contributed by atoms with Crippen LogP contribution in [0.15, 0.2) is 16.8 Å². The van der Waals surface area contributed by atoms with Gasteiger partial charge in [0.25, 0.3) is 0 Å². The first kappa shape index (κ1) is 12.1. The summed E-state index contributed by atoms with van der Waals surface area (Å²) in [6.07, 6.45) is 4.93. The molecular formula is C13H21NOS. The van der Waals surface area contributed by atoms with Gasteiger partial charge in [0.2, 0.25) is 0 Å². The molecule has 0 aromatic carbocycles. The maximum atomic E-state index is 5.40. The van der Waals surface area contributed by atoms with Gasteiger partial charge in [-0.1, -0.05) is 0 Å². The molecule has 1 N–H and O–H groups in total. The predicted octanol–water partition coefficient (Wildman–Crippen LogP) is 2.70. The van der Waals surface area contributed by atoms with Crippen LogP contribution in [0.4, 0.5) is 0 Å². The first-order valence-corrected chi connectivity index (χ1v) is 7.09. The van der Waals surface area contributed by atoms with Crippen molar-refractivity contribution < 1.29 is 4.74 Å². The lowest BCUT2D eigenvalue weighted by atomic mass is 9.90. The third-order valence-corrected chi connectivity index (χ3v) is 4.16. The average molecular weight is 239 g/mol. The van der Waals surface area contributed by atoms with Crippen molar-refractivity contribution in [3.63, 3.8) is 0 Å². The lowest BCUT2D eigenvalue weighted by molar-refractivity contribution is 0.0608. The highest BCUT2D eigenvalue weighted by molar-refractivity contribution is 7.07. The predicted molar refractivity (Wildman–Crippen MR) is 69.0 cm³/mol. The molecule has 0 radical (unpaired) electrons. The van der Waals surface area contributed by atoms with Gasteiger partial charge in [-0.2, -0.15) is 11.3 Å². The molecule has 0 spiro atoms. The fraction of sp³-hybridized carbons (Fsp3) is 0.692. The summed E-state index contributed by atoms with van der Waals surface area (Å²) in [4.78, 5) is 0. The van der Waals surface area contributed by atoms with Gasteiger partial charge in [-0.05, 0) is 61.0 Å². The van der Waals surface area contributed by atoms with Crippen molar-refractivity contribution in [2.75, 3.05) is 20.3 Å². The maximum absolute atomic E-state index is 5.40. The van der Waals surface area contributed by atoms with E-state index in [9.17, 15) is 0 Å². The van der Waals surface area contributed by atoms with Gasteiger partial charge in [-0.15, -0.1) is 0 Å². The van der Waals surface area contributed by atoms with Crippen molar-refractivity contribution in [3.8, 4) is 0 Å². The van der Waals surface area contributed by atoms with Gasteiger partial charge in [0.15, 0.2) is 0 Å². The molecular weight excluding hydrogens is 218 g/mol. The molecule has 1 aliphatic rings. The van der Waals surface area contributed by atoms with E-state index in [0.29, 0.717) is 6.04 Å². The molecule has 1 fully saturated rings. The van der Waals surface area contributed by atoms with Crippen LogP contribution in [0.2, 0.25) is 0 Å². The summed E-state index contributed by atoms with van der Waals surface area (Å²) in [5, 5.41) is 7.87. The van der Waals surface area contributed by atoms with Gasteiger partial charge in [-0.3, -0.25) is 0 Å². The third kappa shape index (κ3) is 3.58. The Labute approximate surface area is 102 Å². The van der Waals surface area contributed by atoms with E-state index in [2.05, 4.69) is 29.2 Å². The summed E-state index contributed by atoms with van der Waals surface area (Å²) in [6.45, 7) is 1.92. The molecule has 1 aromatic rings. The summed E-state index contributed by atoms with van der Waals surface area (Å²) in [5.74, 6) is 0.852. The van der Waals surface area contributed by atoms with E-state index >= 15 is 0 Å². The quantitative estimate of drug-likeness (QED) is 0.853. The van der Waals surface area contributed by atoms with Crippen LogP contribution in [0, 0.1) is 5.92 Å². The summed E-state index contributed by atoms with van der Waals surface area (Å²) in [6, 6.07) is 2.86. The summed E-state index contributed by atoms with van der Waals surface area (Å²) >= 11 is 1.79. The van der Waals surface area contributed by atoms with Crippen molar-refractivity contribution >= 4 is 11.3 Å². The Morgan fingerprint density at radius 3 is 2.94 bits per heavy atom. The van der Waals surface area contributed by atoms with E-state index in [0.717, 1.165) is 25.6 Å². The molecule has 3 heteroatoms. The van der Waals surface area contributed by atoms with Crippen molar-refractivity contribution in [2.45, 2.75) is 31.7 Å². The van der Waals surface area contributed by atoms with Crippen molar-refractivity contribution in [2.24, 2.45) is 5.92 Å². The largest absolute Gasteiger partial charge is 0.381 e. The Morgan fingerprint density at radius 1 is 1.50 bits per heavy atom. The summed E-state index contributed by atoms with van der Waals surface area (Å²) in [7, 11) is 2.08. The molecule has 0 saturated carbocycles. The van der Waals surface area contributed by atoms with Gasteiger partial charge < -0.3 is 10.1 Å². The highest BCUT2D eigenvalue weighted by Gasteiger charge is 2.18. The molecule has 0 aliphatic carbocycles. The second kappa shape index (κ2) is 6.38. The van der Waals surface area contributed by atoms with Crippen LogP contribution in [-0.4, -0.2) is 26.3 Å². The molecule has 16 heavy (non-hydrogen) atoms. The molecule has 2 heterocycles. The van der Waals surface area contributed by atoms with Crippen LogP contribution in [0.1, 0.15) is 24.8 Å². The minimum atomic E-state index is 0.623. The van der Waals surface area contributed by atoms with Gasteiger partial charge in [0.05, 0.1) is 0 Å². The van der Waals surface area contributed by atoms with Crippen LogP contribution < -0.4 is 5.32 Å². The molecule has 1 saturated heterocycles. The number of thiophene rings is 1.